The van der Waals surface area contributed by atoms with Crippen LogP contribution in [0.1, 0.15) is 16.1 Å². The predicted octanol–water partition coefficient (Wildman–Crippen LogP) is 4.23. The minimum atomic E-state index is -1.04. The molecule has 0 atom stereocenters. The monoisotopic (exact) mass is 329 g/mol. The molecule has 0 saturated carbocycles. The van der Waals surface area contributed by atoms with Crippen LogP contribution in [-0.4, -0.2) is 16.1 Å². The molecule has 0 fully saturated rings. The Morgan fingerprint density at radius 2 is 1.83 bits per heavy atom. The number of nitrogens with zero attached hydrogens (tertiary/aromatic N) is 1. The summed E-state index contributed by atoms with van der Waals surface area (Å²) >= 11 is 1.28. The van der Waals surface area contributed by atoms with Gasteiger partial charge in [0.05, 0.1) is 0 Å². The van der Waals surface area contributed by atoms with Crippen LogP contribution >= 0.6 is 11.3 Å². The van der Waals surface area contributed by atoms with Gasteiger partial charge in [-0.1, -0.05) is 12.1 Å². The molecule has 0 unspecified atom stereocenters. The summed E-state index contributed by atoms with van der Waals surface area (Å²) in [5.41, 5.74) is 1.75. The lowest BCUT2D eigenvalue weighted by Gasteiger charge is -2.06. The van der Waals surface area contributed by atoms with Gasteiger partial charge in [-0.05, 0) is 42.0 Å². The van der Waals surface area contributed by atoms with Gasteiger partial charge in [0, 0.05) is 10.9 Å². The number of aromatic nitrogens is 1. The molecule has 23 heavy (non-hydrogen) atoms. The van der Waals surface area contributed by atoms with E-state index >= 15 is 0 Å². The molecule has 3 aromatic rings. The molecular weight excluding hydrogens is 317 g/mol. The van der Waals surface area contributed by atoms with E-state index in [2.05, 4.69) is 4.98 Å². The van der Waals surface area contributed by atoms with Gasteiger partial charge in [-0.3, -0.25) is 0 Å². The zero-order valence-electron chi connectivity index (χ0n) is 11.9. The van der Waals surface area contributed by atoms with Gasteiger partial charge >= 0.3 is 5.97 Å². The molecule has 0 bridgehead atoms. The van der Waals surface area contributed by atoms with Gasteiger partial charge in [0.1, 0.15) is 23.2 Å². The average Bonchev–Trinajstić information content (AvgIpc) is 3.05. The number of thiazole rings is 1. The van der Waals surface area contributed by atoms with Gasteiger partial charge in [0.25, 0.3) is 0 Å². The Balaban J connectivity index is 1.66. The number of rotatable bonds is 5. The van der Waals surface area contributed by atoms with Gasteiger partial charge in [0.2, 0.25) is 0 Å². The molecule has 4 nitrogen and oxygen atoms in total. The lowest BCUT2D eigenvalue weighted by Crippen LogP contribution is -1.96. The minimum absolute atomic E-state index is 0.0432. The van der Waals surface area contributed by atoms with E-state index in [-0.39, 0.29) is 11.5 Å². The second-order valence-electron chi connectivity index (χ2n) is 4.78. The third kappa shape index (κ3) is 3.73. The molecule has 0 aliphatic carbocycles. The van der Waals surface area contributed by atoms with E-state index < -0.39 is 5.97 Å². The Labute approximate surface area is 135 Å². The molecular formula is C17H12FNO3S. The second kappa shape index (κ2) is 6.58. The zero-order chi connectivity index (χ0) is 16.2. The van der Waals surface area contributed by atoms with Crippen molar-refractivity contribution < 1.29 is 19.0 Å². The lowest BCUT2D eigenvalue weighted by atomic mass is 10.2. The Bertz CT molecular complexity index is 813. The van der Waals surface area contributed by atoms with Crippen molar-refractivity contribution in [3.63, 3.8) is 0 Å². The summed E-state index contributed by atoms with van der Waals surface area (Å²) in [7, 11) is 0. The molecule has 116 valence electrons. The fourth-order valence-corrected chi connectivity index (χ4v) is 2.75. The number of aromatic carboxylic acids is 1. The summed E-state index contributed by atoms with van der Waals surface area (Å²) in [6, 6.07) is 13.4. The van der Waals surface area contributed by atoms with E-state index in [1.165, 1.54) is 28.8 Å². The Hall–Kier alpha value is -2.73. The highest BCUT2D eigenvalue weighted by Crippen LogP contribution is 2.26. The highest BCUT2D eigenvalue weighted by Gasteiger charge is 2.10. The highest BCUT2D eigenvalue weighted by molar-refractivity contribution is 7.13. The predicted molar refractivity (Wildman–Crippen MR) is 85.2 cm³/mol. The molecule has 1 N–H and O–H groups in total. The molecule has 1 heterocycles. The average molecular weight is 329 g/mol. The molecule has 6 heteroatoms. The Morgan fingerprint density at radius 1 is 1.13 bits per heavy atom. The van der Waals surface area contributed by atoms with Crippen LogP contribution in [0.15, 0.2) is 53.9 Å². The molecule has 0 radical (unpaired) electrons. The van der Waals surface area contributed by atoms with Crippen LogP contribution in [0.2, 0.25) is 0 Å². The standard InChI is InChI=1S/C17H12FNO3S/c18-13-5-1-11(2-6-13)9-22-14-7-3-12(4-8-14)16-19-15(10-23-16)17(20)21/h1-8,10H,9H2,(H,20,21). The van der Waals surface area contributed by atoms with Crippen molar-refractivity contribution in [2.24, 2.45) is 0 Å². The van der Waals surface area contributed by atoms with Crippen molar-refractivity contribution in [1.82, 2.24) is 4.98 Å². The molecule has 3 rings (SSSR count). The SMILES string of the molecule is O=C(O)c1csc(-c2ccc(OCc3ccc(F)cc3)cc2)n1. The number of hydrogen-bond donors (Lipinski definition) is 1. The molecule has 1 aromatic heterocycles. The van der Waals surface area contributed by atoms with E-state index in [1.807, 2.05) is 12.1 Å². The zero-order valence-corrected chi connectivity index (χ0v) is 12.7. The fraction of sp³-hybridized carbons (Fsp3) is 0.0588. The summed E-state index contributed by atoms with van der Waals surface area (Å²) in [5, 5.41) is 11.0. The van der Waals surface area contributed by atoms with E-state index in [0.29, 0.717) is 17.4 Å². The summed E-state index contributed by atoms with van der Waals surface area (Å²) in [6.45, 7) is 0.347. The fourth-order valence-electron chi connectivity index (χ4n) is 1.95. The number of carboxylic acids is 1. The maximum absolute atomic E-state index is 12.8. The smallest absolute Gasteiger partial charge is 0.355 e. The number of benzene rings is 2. The molecule has 0 aliphatic heterocycles. The van der Waals surface area contributed by atoms with Crippen molar-refractivity contribution >= 4 is 17.3 Å². The second-order valence-corrected chi connectivity index (χ2v) is 5.64. The molecule has 0 aliphatic rings. The third-order valence-electron chi connectivity index (χ3n) is 3.14. The highest BCUT2D eigenvalue weighted by atomic mass is 32.1. The van der Waals surface area contributed by atoms with Crippen molar-refractivity contribution in [3.05, 3.63) is 71.0 Å². The van der Waals surface area contributed by atoms with Crippen LogP contribution in [0.4, 0.5) is 4.39 Å². The minimum Gasteiger partial charge on any atom is -0.489 e. The summed E-state index contributed by atoms with van der Waals surface area (Å²) in [5.74, 6) is -0.637. The van der Waals surface area contributed by atoms with Gasteiger partial charge in [-0.15, -0.1) is 11.3 Å². The van der Waals surface area contributed by atoms with Crippen LogP contribution < -0.4 is 4.74 Å². The summed E-state index contributed by atoms with van der Waals surface area (Å²) < 4.78 is 18.5. The van der Waals surface area contributed by atoms with Crippen LogP contribution in [0.3, 0.4) is 0 Å². The number of ether oxygens (including phenoxy) is 1. The third-order valence-corrected chi connectivity index (χ3v) is 4.03. The first kappa shape index (κ1) is 15.2. The van der Waals surface area contributed by atoms with E-state index in [9.17, 15) is 9.18 Å². The maximum atomic E-state index is 12.8. The van der Waals surface area contributed by atoms with Crippen molar-refractivity contribution in [2.75, 3.05) is 0 Å². The van der Waals surface area contributed by atoms with E-state index in [1.54, 1.807) is 24.3 Å². The topological polar surface area (TPSA) is 59.4 Å². The first-order chi connectivity index (χ1) is 11.1. The quantitative estimate of drug-likeness (QED) is 0.761. The molecule has 2 aromatic carbocycles. The van der Waals surface area contributed by atoms with E-state index in [0.717, 1.165) is 11.1 Å². The lowest BCUT2D eigenvalue weighted by molar-refractivity contribution is 0.0691. The maximum Gasteiger partial charge on any atom is 0.355 e. The Kier molecular flexibility index (Phi) is 4.34. The van der Waals surface area contributed by atoms with E-state index in [4.69, 9.17) is 9.84 Å². The van der Waals surface area contributed by atoms with Crippen molar-refractivity contribution in [2.45, 2.75) is 6.61 Å². The number of hydrogen-bond acceptors (Lipinski definition) is 4. The van der Waals surface area contributed by atoms with Crippen molar-refractivity contribution in [3.8, 4) is 16.3 Å². The van der Waals surface area contributed by atoms with Gasteiger partial charge in [-0.25, -0.2) is 14.2 Å². The first-order valence-corrected chi connectivity index (χ1v) is 7.66. The van der Waals surface area contributed by atoms with Gasteiger partial charge < -0.3 is 9.84 Å². The Morgan fingerprint density at radius 3 is 2.43 bits per heavy atom. The normalized spacial score (nSPS) is 10.5. The number of carboxylic acid groups (broad SMARTS) is 1. The van der Waals surface area contributed by atoms with Crippen molar-refractivity contribution in [1.29, 1.82) is 0 Å². The molecule has 0 saturated heterocycles. The molecule has 0 amide bonds. The van der Waals surface area contributed by atoms with Gasteiger partial charge in [-0.2, -0.15) is 0 Å². The van der Waals surface area contributed by atoms with Crippen LogP contribution in [0, 0.1) is 5.82 Å². The first-order valence-electron chi connectivity index (χ1n) is 6.78. The van der Waals surface area contributed by atoms with Crippen LogP contribution in [-0.2, 0) is 6.61 Å². The van der Waals surface area contributed by atoms with Crippen LogP contribution in [0.25, 0.3) is 10.6 Å². The number of carbonyl (C=O) groups is 1. The molecule has 0 spiro atoms. The number of halogens is 1. The summed E-state index contributed by atoms with van der Waals surface area (Å²) in [6.07, 6.45) is 0. The van der Waals surface area contributed by atoms with Gasteiger partial charge in [0.15, 0.2) is 5.69 Å². The largest absolute Gasteiger partial charge is 0.489 e. The van der Waals surface area contributed by atoms with Crippen LogP contribution in [0.5, 0.6) is 5.75 Å². The summed E-state index contributed by atoms with van der Waals surface area (Å²) in [4.78, 5) is 14.9.